The number of carbonyl (C=O) groups is 1. The van der Waals surface area contributed by atoms with Crippen molar-refractivity contribution in [2.24, 2.45) is 11.1 Å². The van der Waals surface area contributed by atoms with Crippen molar-refractivity contribution < 1.29 is 18.0 Å². The van der Waals surface area contributed by atoms with Crippen molar-refractivity contribution in [3.8, 4) is 5.69 Å². The van der Waals surface area contributed by atoms with Gasteiger partial charge in [-0.1, -0.05) is 19.9 Å². The standard InChI is InChI=1S/C18H21F3N4O/c1-17(2)11-24(8-7-15(17)22)16(26)14-6-9-25(23-14)13-5-3-4-12(10-13)18(19,20)21/h3-6,9-10,15H,7-8,11,22H2,1-2H3. The van der Waals surface area contributed by atoms with Gasteiger partial charge in [0.1, 0.15) is 0 Å². The molecule has 1 saturated heterocycles. The molecule has 0 aliphatic carbocycles. The summed E-state index contributed by atoms with van der Waals surface area (Å²) in [5.74, 6) is -0.240. The highest BCUT2D eigenvalue weighted by atomic mass is 19.4. The van der Waals surface area contributed by atoms with E-state index in [1.807, 2.05) is 13.8 Å². The van der Waals surface area contributed by atoms with E-state index in [-0.39, 0.29) is 28.7 Å². The van der Waals surface area contributed by atoms with Gasteiger partial charge in [-0.25, -0.2) is 4.68 Å². The van der Waals surface area contributed by atoms with Crippen LogP contribution in [0.1, 0.15) is 36.3 Å². The fraction of sp³-hybridized carbons (Fsp3) is 0.444. The van der Waals surface area contributed by atoms with Gasteiger partial charge in [0.25, 0.3) is 5.91 Å². The predicted octanol–water partition coefficient (Wildman–Crippen LogP) is 3.09. The molecular formula is C18H21F3N4O. The Morgan fingerprint density at radius 3 is 2.69 bits per heavy atom. The van der Waals surface area contributed by atoms with E-state index in [1.54, 1.807) is 4.90 Å². The summed E-state index contributed by atoms with van der Waals surface area (Å²) in [6.45, 7) is 5.08. The van der Waals surface area contributed by atoms with Crippen LogP contribution in [-0.4, -0.2) is 39.7 Å². The van der Waals surface area contributed by atoms with E-state index in [9.17, 15) is 18.0 Å². The molecule has 2 heterocycles. The number of carbonyl (C=O) groups excluding carboxylic acids is 1. The van der Waals surface area contributed by atoms with Gasteiger partial charge in [-0.15, -0.1) is 0 Å². The number of aromatic nitrogens is 2. The van der Waals surface area contributed by atoms with Gasteiger partial charge in [-0.3, -0.25) is 4.79 Å². The van der Waals surface area contributed by atoms with Crippen LogP contribution < -0.4 is 5.73 Å². The summed E-state index contributed by atoms with van der Waals surface area (Å²) in [6.07, 6.45) is -2.24. The quantitative estimate of drug-likeness (QED) is 0.888. The van der Waals surface area contributed by atoms with Gasteiger partial charge in [-0.2, -0.15) is 18.3 Å². The van der Waals surface area contributed by atoms with Crippen molar-refractivity contribution in [1.29, 1.82) is 0 Å². The van der Waals surface area contributed by atoms with Gasteiger partial charge in [0.2, 0.25) is 0 Å². The minimum absolute atomic E-state index is 0.0224. The normalized spacial score (nSPS) is 20.2. The molecule has 0 spiro atoms. The molecule has 5 nitrogen and oxygen atoms in total. The van der Waals surface area contributed by atoms with E-state index >= 15 is 0 Å². The summed E-state index contributed by atoms with van der Waals surface area (Å²) < 4.78 is 39.9. The molecule has 1 unspecified atom stereocenters. The highest BCUT2D eigenvalue weighted by Crippen LogP contribution is 2.31. The number of hydrogen-bond donors (Lipinski definition) is 1. The second-order valence-corrected chi connectivity index (χ2v) is 7.30. The SMILES string of the molecule is CC1(C)CN(C(=O)c2ccn(-c3cccc(C(F)(F)F)c3)n2)CCC1N. The Morgan fingerprint density at radius 2 is 2.04 bits per heavy atom. The molecule has 26 heavy (non-hydrogen) atoms. The number of alkyl halides is 3. The fourth-order valence-corrected chi connectivity index (χ4v) is 3.12. The molecule has 0 bridgehead atoms. The molecule has 2 aromatic rings. The molecule has 1 fully saturated rings. The number of hydrogen-bond acceptors (Lipinski definition) is 3. The van der Waals surface area contributed by atoms with Crippen molar-refractivity contribution in [2.75, 3.05) is 13.1 Å². The number of piperidine rings is 1. The molecule has 0 radical (unpaired) electrons. The van der Waals surface area contributed by atoms with Crippen LogP contribution >= 0.6 is 0 Å². The fourth-order valence-electron chi connectivity index (χ4n) is 3.12. The number of benzene rings is 1. The van der Waals surface area contributed by atoms with Crippen molar-refractivity contribution in [3.05, 3.63) is 47.8 Å². The molecule has 1 aromatic carbocycles. The van der Waals surface area contributed by atoms with Crippen molar-refractivity contribution in [3.63, 3.8) is 0 Å². The highest BCUT2D eigenvalue weighted by molar-refractivity contribution is 5.92. The summed E-state index contributed by atoms with van der Waals surface area (Å²) in [7, 11) is 0. The molecule has 8 heteroatoms. The van der Waals surface area contributed by atoms with Crippen LogP contribution in [0.15, 0.2) is 36.5 Å². The zero-order chi connectivity index (χ0) is 19.1. The first-order valence-electron chi connectivity index (χ1n) is 8.36. The van der Waals surface area contributed by atoms with Crippen molar-refractivity contribution in [1.82, 2.24) is 14.7 Å². The summed E-state index contributed by atoms with van der Waals surface area (Å²) in [6, 6.07) is 6.37. The van der Waals surface area contributed by atoms with Crippen molar-refractivity contribution >= 4 is 5.91 Å². The first kappa shape index (κ1) is 18.4. The van der Waals surface area contributed by atoms with Gasteiger partial charge in [0, 0.05) is 25.3 Å². The van der Waals surface area contributed by atoms with Crippen LogP contribution in [0.5, 0.6) is 0 Å². The average molecular weight is 366 g/mol. The Bertz CT molecular complexity index is 813. The Balaban J connectivity index is 1.81. The first-order valence-corrected chi connectivity index (χ1v) is 8.36. The molecule has 1 aliphatic heterocycles. The van der Waals surface area contributed by atoms with E-state index in [4.69, 9.17) is 5.73 Å². The summed E-state index contributed by atoms with van der Waals surface area (Å²) >= 11 is 0. The van der Waals surface area contributed by atoms with Gasteiger partial charge >= 0.3 is 6.18 Å². The van der Waals surface area contributed by atoms with Crippen LogP contribution in [-0.2, 0) is 6.18 Å². The maximum atomic E-state index is 12.9. The zero-order valence-electron chi connectivity index (χ0n) is 14.6. The first-order chi connectivity index (χ1) is 12.1. The predicted molar refractivity (Wildman–Crippen MR) is 90.8 cm³/mol. The molecule has 1 aromatic heterocycles. The lowest BCUT2D eigenvalue weighted by Crippen LogP contribution is -2.54. The molecule has 140 valence electrons. The van der Waals surface area contributed by atoms with E-state index in [2.05, 4.69) is 5.10 Å². The molecule has 1 atom stereocenters. The molecular weight excluding hydrogens is 345 g/mol. The van der Waals surface area contributed by atoms with E-state index in [0.717, 1.165) is 12.1 Å². The Kier molecular flexibility index (Phi) is 4.56. The van der Waals surface area contributed by atoms with Gasteiger partial charge in [0.15, 0.2) is 5.69 Å². The number of halogens is 3. The summed E-state index contributed by atoms with van der Waals surface area (Å²) in [5, 5.41) is 4.17. The largest absolute Gasteiger partial charge is 0.416 e. The van der Waals surface area contributed by atoms with E-state index in [0.29, 0.717) is 19.5 Å². The smallest absolute Gasteiger partial charge is 0.337 e. The number of nitrogens with two attached hydrogens (primary N) is 1. The number of likely N-dealkylation sites (tertiary alicyclic amines) is 1. The summed E-state index contributed by atoms with van der Waals surface area (Å²) in [5.41, 5.74) is 5.59. The van der Waals surface area contributed by atoms with Gasteiger partial charge < -0.3 is 10.6 Å². The third-order valence-electron chi connectivity index (χ3n) is 4.85. The molecule has 2 N–H and O–H groups in total. The molecule has 3 rings (SSSR count). The van der Waals surface area contributed by atoms with Gasteiger partial charge in [0.05, 0.1) is 11.3 Å². The molecule has 0 saturated carbocycles. The second kappa shape index (κ2) is 6.42. The minimum Gasteiger partial charge on any atom is -0.337 e. The zero-order valence-corrected chi connectivity index (χ0v) is 14.6. The third kappa shape index (κ3) is 3.60. The van der Waals surface area contributed by atoms with Crippen LogP contribution in [0.2, 0.25) is 0 Å². The third-order valence-corrected chi connectivity index (χ3v) is 4.85. The lowest BCUT2D eigenvalue weighted by atomic mass is 9.79. The molecule has 1 amide bonds. The van der Waals surface area contributed by atoms with Gasteiger partial charge in [-0.05, 0) is 36.1 Å². The highest BCUT2D eigenvalue weighted by Gasteiger charge is 2.36. The monoisotopic (exact) mass is 366 g/mol. The average Bonchev–Trinajstić information content (AvgIpc) is 3.06. The number of nitrogens with zero attached hydrogens (tertiary/aromatic N) is 3. The van der Waals surface area contributed by atoms with Crippen LogP contribution in [0.4, 0.5) is 13.2 Å². The van der Waals surface area contributed by atoms with Crippen molar-refractivity contribution in [2.45, 2.75) is 32.5 Å². The molecule has 1 aliphatic rings. The summed E-state index contributed by atoms with van der Waals surface area (Å²) in [4.78, 5) is 14.4. The topological polar surface area (TPSA) is 64.2 Å². The lowest BCUT2D eigenvalue weighted by molar-refractivity contribution is -0.137. The maximum absolute atomic E-state index is 12.9. The Labute approximate surface area is 149 Å². The van der Waals surface area contributed by atoms with E-state index < -0.39 is 11.7 Å². The van der Waals surface area contributed by atoms with E-state index in [1.165, 1.54) is 29.1 Å². The van der Waals surface area contributed by atoms with Crippen LogP contribution in [0.3, 0.4) is 0 Å². The minimum atomic E-state index is -4.43. The Hall–Kier alpha value is -2.35. The van der Waals surface area contributed by atoms with Crippen LogP contribution in [0.25, 0.3) is 5.69 Å². The lowest BCUT2D eigenvalue weighted by Gasteiger charge is -2.42. The number of rotatable bonds is 2. The Morgan fingerprint density at radius 1 is 1.31 bits per heavy atom. The second-order valence-electron chi connectivity index (χ2n) is 7.30. The number of amides is 1. The van der Waals surface area contributed by atoms with Crippen LogP contribution in [0, 0.1) is 5.41 Å². The maximum Gasteiger partial charge on any atom is 0.416 e.